The van der Waals surface area contributed by atoms with E-state index in [1.165, 1.54) is 0 Å². The highest BCUT2D eigenvalue weighted by Crippen LogP contribution is 2.31. The van der Waals surface area contributed by atoms with E-state index in [0.717, 1.165) is 23.6 Å². The Morgan fingerprint density at radius 1 is 1.17 bits per heavy atom. The standard InChI is InChI=1S/C15H25NO2/c1-11(15(2,3)4)16-10-12-8-7-9-13(17-5)14(12)18-6/h7-9,11,16H,10H2,1-6H3. The van der Waals surface area contributed by atoms with Gasteiger partial charge in [0.15, 0.2) is 11.5 Å². The lowest BCUT2D eigenvalue weighted by Crippen LogP contribution is -2.37. The summed E-state index contributed by atoms with van der Waals surface area (Å²) in [5.41, 5.74) is 1.36. The number of ether oxygens (including phenoxy) is 2. The number of hydrogen-bond donors (Lipinski definition) is 1. The van der Waals surface area contributed by atoms with Crippen LogP contribution < -0.4 is 14.8 Å². The van der Waals surface area contributed by atoms with Crippen LogP contribution in [0.3, 0.4) is 0 Å². The highest BCUT2D eigenvalue weighted by Gasteiger charge is 2.20. The van der Waals surface area contributed by atoms with Gasteiger partial charge >= 0.3 is 0 Å². The van der Waals surface area contributed by atoms with Crippen LogP contribution in [-0.4, -0.2) is 20.3 Å². The molecule has 1 rings (SSSR count). The van der Waals surface area contributed by atoms with Gasteiger partial charge in [0.1, 0.15) is 0 Å². The minimum Gasteiger partial charge on any atom is -0.493 e. The van der Waals surface area contributed by atoms with Crippen molar-refractivity contribution in [1.29, 1.82) is 0 Å². The molecule has 0 fully saturated rings. The van der Waals surface area contributed by atoms with Crippen LogP contribution in [0.4, 0.5) is 0 Å². The van der Waals surface area contributed by atoms with Crippen molar-refractivity contribution in [2.45, 2.75) is 40.3 Å². The molecule has 0 saturated carbocycles. The Morgan fingerprint density at radius 2 is 1.83 bits per heavy atom. The fraction of sp³-hybridized carbons (Fsp3) is 0.600. The fourth-order valence-electron chi connectivity index (χ4n) is 1.66. The van der Waals surface area contributed by atoms with Crippen molar-refractivity contribution in [3.8, 4) is 11.5 Å². The lowest BCUT2D eigenvalue weighted by molar-refractivity contribution is 0.282. The second-order valence-electron chi connectivity index (χ2n) is 5.62. The summed E-state index contributed by atoms with van der Waals surface area (Å²) >= 11 is 0. The van der Waals surface area contributed by atoms with Crippen LogP contribution in [0.2, 0.25) is 0 Å². The Hall–Kier alpha value is -1.22. The highest BCUT2D eigenvalue weighted by molar-refractivity contribution is 5.46. The fourth-order valence-corrected chi connectivity index (χ4v) is 1.66. The lowest BCUT2D eigenvalue weighted by atomic mass is 9.88. The summed E-state index contributed by atoms with van der Waals surface area (Å²) in [5.74, 6) is 1.59. The van der Waals surface area contributed by atoms with Crippen LogP contribution in [0, 0.1) is 5.41 Å². The van der Waals surface area contributed by atoms with E-state index in [0.29, 0.717) is 6.04 Å². The number of methoxy groups -OCH3 is 2. The van der Waals surface area contributed by atoms with E-state index in [-0.39, 0.29) is 5.41 Å². The number of rotatable bonds is 5. The van der Waals surface area contributed by atoms with Gasteiger partial charge in [0.2, 0.25) is 0 Å². The quantitative estimate of drug-likeness (QED) is 0.871. The monoisotopic (exact) mass is 251 g/mol. The van der Waals surface area contributed by atoms with Gasteiger partial charge in [-0.25, -0.2) is 0 Å². The van der Waals surface area contributed by atoms with Gasteiger partial charge in [-0.2, -0.15) is 0 Å². The summed E-state index contributed by atoms with van der Waals surface area (Å²) in [7, 11) is 3.33. The first kappa shape index (κ1) is 14.8. The van der Waals surface area contributed by atoms with Crippen molar-refractivity contribution in [1.82, 2.24) is 5.32 Å². The molecule has 0 amide bonds. The van der Waals surface area contributed by atoms with Crippen molar-refractivity contribution in [2.24, 2.45) is 5.41 Å². The largest absolute Gasteiger partial charge is 0.493 e. The Labute approximate surface area is 110 Å². The zero-order valence-corrected chi connectivity index (χ0v) is 12.3. The van der Waals surface area contributed by atoms with Crippen molar-refractivity contribution < 1.29 is 9.47 Å². The first-order chi connectivity index (χ1) is 8.40. The molecule has 1 aromatic carbocycles. The molecule has 102 valence electrons. The third kappa shape index (κ3) is 3.64. The molecule has 0 aromatic heterocycles. The zero-order valence-electron chi connectivity index (χ0n) is 12.3. The molecule has 0 aliphatic rings. The van der Waals surface area contributed by atoms with Crippen LogP contribution >= 0.6 is 0 Å². The maximum absolute atomic E-state index is 5.42. The van der Waals surface area contributed by atoms with Crippen LogP contribution in [0.5, 0.6) is 11.5 Å². The molecule has 3 heteroatoms. The van der Waals surface area contributed by atoms with Crippen molar-refractivity contribution in [3.63, 3.8) is 0 Å². The van der Waals surface area contributed by atoms with E-state index in [1.807, 2.05) is 12.1 Å². The molecule has 1 unspecified atom stereocenters. The number of para-hydroxylation sites is 1. The van der Waals surface area contributed by atoms with Gasteiger partial charge < -0.3 is 14.8 Å². The van der Waals surface area contributed by atoms with E-state index < -0.39 is 0 Å². The molecule has 0 bridgehead atoms. The Kier molecular flexibility index (Phi) is 5.03. The van der Waals surface area contributed by atoms with Gasteiger partial charge in [0, 0.05) is 18.2 Å². The zero-order chi connectivity index (χ0) is 13.8. The minimum atomic E-state index is 0.242. The van der Waals surface area contributed by atoms with Gasteiger partial charge in [-0.3, -0.25) is 0 Å². The van der Waals surface area contributed by atoms with Gasteiger partial charge in [-0.1, -0.05) is 32.9 Å². The molecule has 18 heavy (non-hydrogen) atoms. The van der Waals surface area contributed by atoms with Gasteiger partial charge in [-0.05, 0) is 18.4 Å². The molecule has 1 atom stereocenters. The van der Waals surface area contributed by atoms with Gasteiger partial charge in [-0.15, -0.1) is 0 Å². The van der Waals surface area contributed by atoms with Crippen LogP contribution in [-0.2, 0) is 6.54 Å². The number of nitrogens with one attached hydrogen (secondary N) is 1. The average molecular weight is 251 g/mol. The normalized spacial score (nSPS) is 13.2. The third-order valence-electron chi connectivity index (χ3n) is 3.38. The van der Waals surface area contributed by atoms with Crippen LogP contribution in [0.1, 0.15) is 33.3 Å². The Morgan fingerprint density at radius 3 is 2.33 bits per heavy atom. The summed E-state index contributed by atoms with van der Waals surface area (Å²) in [6.07, 6.45) is 0. The topological polar surface area (TPSA) is 30.5 Å². The predicted octanol–water partition coefficient (Wildman–Crippen LogP) is 3.23. The van der Waals surface area contributed by atoms with E-state index in [9.17, 15) is 0 Å². The molecule has 0 aliphatic carbocycles. The summed E-state index contributed by atoms with van der Waals surface area (Å²) in [6, 6.07) is 6.38. The van der Waals surface area contributed by atoms with E-state index in [1.54, 1.807) is 14.2 Å². The molecule has 1 aromatic rings. The van der Waals surface area contributed by atoms with Crippen LogP contribution in [0.25, 0.3) is 0 Å². The van der Waals surface area contributed by atoms with Crippen molar-refractivity contribution in [3.05, 3.63) is 23.8 Å². The predicted molar refractivity (Wildman–Crippen MR) is 75.3 cm³/mol. The molecule has 3 nitrogen and oxygen atoms in total. The van der Waals surface area contributed by atoms with Crippen molar-refractivity contribution >= 4 is 0 Å². The van der Waals surface area contributed by atoms with Gasteiger partial charge in [0.05, 0.1) is 14.2 Å². The Balaban J connectivity index is 2.79. The van der Waals surface area contributed by atoms with E-state index in [2.05, 4.69) is 39.1 Å². The first-order valence-electron chi connectivity index (χ1n) is 6.33. The Bertz CT molecular complexity index is 383. The molecule has 0 radical (unpaired) electrons. The van der Waals surface area contributed by atoms with E-state index in [4.69, 9.17) is 9.47 Å². The molecule has 1 N–H and O–H groups in total. The summed E-state index contributed by atoms with van der Waals surface area (Å²) in [4.78, 5) is 0. The third-order valence-corrected chi connectivity index (χ3v) is 3.38. The first-order valence-corrected chi connectivity index (χ1v) is 6.33. The number of hydrogen-bond acceptors (Lipinski definition) is 3. The molecule has 0 saturated heterocycles. The average Bonchev–Trinajstić information content (AvgIpc) is 2.33. The summed E-state index contributed by atoms with van der Waals surface area (Å²) < 4.78 is 10.7. The summed E-state index contributed by atoms with van der Waals surface area (Å²) in [5, 5.41) is 3.53. The minimum absolute atomic E-state index is 0.242. The number of benzene rings is 1. The van der Waals surface area contributed by atoms with E-state index >= 15 is 0 Å². The molecular weight excluding hydrogens is 226 g/mol. The lowest BCUT2D eigenvalue weighted by Gasteiger charge is -2.28. The van der Waals surface area contributed by atoms with Crippen molar-refractivity contribution in [2.75, 3.05) is 14.2 Å². The van der Waals surface area contributed by atoms with Gasteiger partial charge in [0.25, 0.3) is 0 Å². The second kappa shape index (κ2) is 6.10. The molecule has 0 spiro atoms. The summed E-state index contributed by atoms with van der Waals surface area (Å²) in [6.45, 7) is 9.67. The molecule has 0 aliphatic heterocycles. The molecular formula is C15H25NO2. The smallest absolute Gasteiger partial charge is 0.165 e. The second-order valence-corrected chi connectivity index (χ2v) is 5.62. The maximum Gasteiger partial charge on any atom is 0.165 e. The highest BCUT2D eigenvalue weighted by atomic mass is 16.5. The van der Waals surface area contributed by atoms with Crippen LogP contribution in [0.15, 0.2) is 18.2 Å². The maximum atomic E-state index is 5.42. The molecule has 0 heterocycles. The SMILES string of the molecule is COc1cccc(CNC(C)C(C)(C)C)c1OC.